The summed E-state index contributed by atoms with van der Waals surface area (Å²) < 4.78 is 0. The Morgan fingerprint density at radius 2 is 2.09 bits per heavy atom. The van der Waals surface area contributed by atoms with Gasteiger partial charge in [0.2, 0.25) is 0 Å². The van der Waals surface area contributed by atoms with Gasteiger partial charge in [-0.05, 0) is 25.7 Å². The third-order valence-electron chi connectivity index (χ3n) is 3.04. The predicted octanol–water partition coefficient (Wildman–Crippen LogP) is 3.75. The smallest absolute Gasteiger partial charge is 0.0747 e. The van der Waals surface area contributed by atoms with Crippen molar-refractivity contribution in [3.05, 3.63) is 11.3 Å². The molecule has 0 unspecified atom stereocenters. The van der Waals surface area contributed by atoms with Gasteiger partial charge in [-0.1, -0.05) is 37.3 Å². The number of hydrogen-bond donors (Lipinski definition) is 0. The van der Waals surface area contributed by atoms with Gasteiger partial charge in [0.05, 0.1) is 8.07 Å². The van der Waals surface area contributed by atoms with E-state index < -0.39 is 8.07 Å². The van der Waals surface area contributed by atoms with E-state index in [2.05, 4.69) is 26.1 Å². The molecule has 0 heterocycles. The molecule has 64 valence electrons. The van der Waals surface area contributed by atoms with Crippen LogP contribution < -0.4 is 0 Å². The van der Waals surface area contributed by atoms with E-state index in [9.17, 15) is 0 Å². The minimum absolute atomic E-state index is 0.915. The number of rotatable bonds is 2. The lowest BCUT2D eigenvalue weighted by Crippen LogP contribution is -2.28. The summed E-state index contributed by atoms with van der Waals surface area (Å²) in [6, 6.07) is 1.42. The Kier molecular flexibility index (Phi) is 2.94. The molecule has 0 aromatic rings. The van der Waals surface area contributed by atoms with Gasteiger partial charge in [-0.15, -0.1) is 0 Å². The topological polar surface area (TPSA) is 0 Å². The molecular weight excluding hydrogens is 148 g/mol. The van der Waals surface area contributed by atoms with E-state index in [0.717, 1.165) is 0 Å². The van der Waals surface area contributed by atoms with Gasteiger partial charge in [0.25, 0.3) is 0 Å². The third kappa shape index (κ3) is 2.19. The average Bonchev–Trinajstić information content (AvgIpc) is 2.06. The first kappa shape index (κ1) is 9.05. The van der Waals surface area contributed by atoms with Crippen LogP contribution in [0.5, 0.6) is 0 Å². The van der Waals surface area contributed by atoms with Crippen molar-refractivity contribution in [3.8, 4) is 0 Å². The molecule has 0 aromatic carbocycles. The molecular formula is C10H20Si. The van der Waals surface area contributed by atoms with Crippen molar-refractivity contribution in [1.29, 1.82) is 0 Å². The molecule has 0 N–H and O–H groups in total. The van der Waals surface area contributed by atoms with Crippen LogP contribution in [0, 0.1) is 0 Å². The van der Waals surface area contributed by atoms with Gasteiger partial charge in [-0.2, -0.15) is 0 Å². The molecule has 0 radical (unpaired) electrons. The third-order valence-corrected chi connectivity index (χ3v) is 7.00. The van der Waals surface area contributed by atoms with Crippen molar-refractivity contribution in [2.24, 2.45) is 0 Å². The molecule has 0 saturated carbocycles. The maximum atomic E-state index is 2.53. The fourth-order valence-electron chi connectivity index (χ4n) is 1.68. The molecule has 1 aliphatic rings. The van der Waals surface area contributed by atoms with Crippen LogP contribution in [0.2, 0.25) is 19.1 Å². The van der Waals surface area contributed by atoms with E-state index in [-0.39, 0.29) is 0 Å². The van der Waals surface area contributed by atoms with E-state index >= 15 is 0 Å². The standard InChI is InChI=1S/C10H20Si/c1-4-11(2,3)10-8-6-5-7-9-10/h8H,4-7,9H2,1-3H3. The highest BCUT2D eigenvalue weighted by atomic mass is 28.3. The second-order valence-electron chi connectivity index (χ2n) is 4.21. The maximum absolute atomic E-state index is 2.53. The van der Waals surface area contributed by atoms with Gasteiger partial charge in [0, 0.05) is 0 Å². The van der Waals surface area contributed by atoms with Crippen molar-refractivity contribution in [2.75, 3.05) is 0 Å². The average molecular weight is 168 g/mol. The van der Waals surface area contributed by atoms with E-state index in [1.54, 1.807) is 0 Å². The summed E-state index contributed by atoms with van der Waals surface area (Å²) >= 11 is 0. The molecule has 0 amide bonds. The fraction of sp³-hybridized carbons (Fsp3) is 0.800. The summed E-state index contributed by atoms with van der Waals surface area (Å²) in [5.41, 5.74) is 0. The molecule has 0 fully saturated rings. The Labute approximate surface area is 71.7 Å². The van der Waals surface area contributed by atoms with E-state index in [0.29, 0.717) is 0 Å². The zero-order valence-corrected chi connectivity index (χ0v) is 9.11. The van der Waals surface area contributed by atoms with Gasteiger partial charge in [0.1, 0.15) is 0 Å². The summed E-state index contributed by atoms with van der Waals surface area (Å²) in [6.07, 6.45) is 8.16. The van der Waals surface area contributed by atoms with Gasteiger partial charge >= 0.3 is 0 Å². The van der Waals surface area contributed by atoms with Crippen LogP contribution in [-0.2, 0) is 0 Å². The molecule has 0 atom stereocenters. The first-order valence-electron chi connectivity index (χ1n) is 4.86. The maximum Gasteiger partial charge on any atom is 0.0747 e. The molecule has 0 spiro atoms. The lowest BCUT2D eigenvalue weighted by Gasteiger charge is -2.27. The minimum atomic E-state index is -0.915. The van der Waals surface area contributed by atoms with Crippen LogP contribution in [0.4, 0.5) is 0 Å². The van der Waals surface area contributed by atoms with Crippen LogP contribution in [0.3, 0.4) is 0 Å². The molecule has 0 saturated heterocycles. The van der Waals surface area contributed by atoms with E-state index in [1.165, 1.54) is 31.7 Å². The first-order chi connectivity index (χ1) is 5.17. The molecule has 0 aromatic heterocycles. The van der Waals surface area contributed by atoms with Crippen LogP contribution in [0.15, 0.2) is 11.3 Å². The highest BCUT2D eigenvalue weighted by Crippen LogP contribution is 2.28. The highest BCUT2D eigenvalue weighted by molar-refractivity contribution is 6.84. The highest BCUT2D eigenvalue weighted by Gasteiger charge is 2.23. The first-order valence-corrected chi connectivity index (χ1v) is 8.07. The predicted molar refractivity (Wildman–Crippen MR) is 54.5 cm³/mol. The van der Waals surface area contributed by atoms with E-state index in [4.69, 9.17) is 0 Å². The summed E-state index contributed by atoms with van der Waals surface area (Å²) in [4.78, 5) is 0. The Balaban J connectivity index is 2.64. The minimum Gasteiger partial charge on any atom is -0.0892 e. The van der Waals surface area contributed by atoms with Gasteiger partial charge in [0.15, 0.2) is 0 Å². The molecule has 1 aliphatic carbocycles. The molecule has 0 aliphatic heterocycles. The zero-order valence-electron chi connectivity index (χ0n) is 8.11. The Bertz CT molecular complexity index is 156. The molecule has 0 bridgehead atoms. The van der Waals surface area contributed by atoms with Gasteiger partial charge in [-0.3, -0.25) is 0 Å². The summed E-state index contributed by atoms with van der Waals surface area (Å²) in [5, 5.41) is 1.84. The summed E-state index contributed by atoms with van der Waals surface area (Å²) in [5.74, 6) is 0. The molecule has 1 heteroatoms. The Morgan fingerprint density at radius 1 is 1.36 bits per heavy atom. The van der Waals surface area contributed by atoms with Crippen molar-refractivity contribution in [1.82, 2.24) is 0 Å². The fourth-order valence-corrected chi connectivity index (χ4v) is 3.68. The molecule has 0 nitrogen and oxygen atoms in total. The van der Waals surface area contributed by atoms with Crippen LogP contribution in [0.25, 0.3) is 0 Å². The van der Waals surface area contributed by atoms with Gasteiger partial charge < -0.3 is 0 Å². The quantitative estimate of drug-likeness (QED) is 0.551. The monoisotopic (exact) mass is 168 g/mol. The summed E-state index contributed by atoms with van der Waals surface area (Å²) in [7, 11) is -0.915. The van der Waals surface area contributed by atoms with Crippen LogP contribution in [-0.4, -0.2) is 8.07 Å². The second kappa shape index (κ2) is 3.57. The van der Waals surface area contributed by atoms with Crippen molar-refractivity contribution >= 4 is 8.07 Å². The Hall–Kier alpha value is -0.0431. The lowest BCUT2D eigenvalue weighted by atomic mass is 10.1. The van der Waals surface area contributed by atoms with Crippen LogP contribution >= 0.6 is 0 Å². The zero-order chi connectivity index (χ0) is 8.32. The SMILES string of the molecule is CC[Si](C)(C)C1=CCCCC1. The Morgan fingerprint density at radius 3 is 2.55 bits per heavy atom. The van der Waals surface area contributed by atoms with Gasteiger partial charge in [-0.25, -0.2) is 0 Å². The molecule has 11 heavy (non-hydrogen) atoms. The number of allylic oxidation sites excluding steroid dienone is 2. The number of hydrogen-bond acceptors (Lipinski definition) is 0. The van der Waals surface area contributed by atoms with Crippen molar-refractivity contribution in [2.45, 2.75) is 51.7 Å². The van der Waals surface area contributed by atoms with Crippen LogP contribution in [0.1, 0.15) is 32.6 Å². The molecule has 1 rings (SSSR count). The normalized spacial score (nSPS) is 19.7. The van der Waals surface area contributed by atoms with E-state index in [1.807, 2.05) is 5.20 Å². The van der Waals surface area contributed by atoms with Crippen molar-refractivity contribution in [3.63, 3.8) is 0 Å². The second-order valence-corrected chi connectivity index (χ2v) is 9.33. The lowest BCUT2D eigenvalue weighted by molar-refractivity contribution is 0.716. The largest absolute Gasteiger partial charge is 0.0892 e. The van der Waals surface area contributed by atoms with Crippen molar-refractivity contribution < 1.29 is 0 Å². The summed E-state index contributed by atoms with van der Waals surface area (Å²) in [6.45, 7) is 7.36.